The van der Waals surface area contributed by atoms with Crippen LogP contribution in [0.15, 0.2) is 6.07 Å². The van der Waals surface area contributed by atoms with Crippen LogP contribution in [0.2, 0.25) is 0 Å². The van der Waals surface area contributed by atoms with Gasteiger partial charge in [0, 0.05) is 25.2 Å². The molecule has 1 N–H and O–H groups in total. The summed E-state index contributed by atoms with van der Waals surface area (Å²) in [5.41, 5.74) is 2.60. The number of rotatable bonds is 8. The maximum Gasteiger partial charge on any atom is 0.0624 e. The molecule has 1 atom stereocenters. The van der Waals surface area contributed by atoms with Crippen LogP contribution < -0.4 is 5.32 Å². The zero-order chi connectivity index (χ0) is 14.4. The first-order valence-corrected chi connectivity index (χ1v) is 8.48. The second kappa shape index (κ2) is 7.82. The van der Waals surface area contributed by atoms with Crippen molar-refractivity contribution >= 4 is 0 Å². The maximum absolute atomic E-state index is 4.58. The minimum Gasteiger partial charge on any atom is -0.314 e. The molecule has 0 aliphatic heterocycles. The Hall–Kier alpha value is -0.830. The van der Waals surface area contributed by atoms with E-state index < -0.39 is 0 Å². The molecule has 0 aromatic carbocycles. The maximum atomic E-state index is 4.58. The average molecular weight is 277 g/mol. The van der Waals surface area contributed by atoms with Gasteiger partial charge in [0.25, 0.3) is 0 Å². The molecule has 1 fully saturated rings. The Morgan fingerprint density at radius 3 is 2.70 bits per heavy atom. The van der Waals surface area contributed by atoms with E-state index in [1.165, 1.54) is 49.9 Å². The predicted molar refractivity (Wildman–Crippen MR) is 84.9 cm³/mol. The summed E-state index contributed by atoms with van der Waals surface area (Å²) in [6.07, 6.45) is 10.5. The smallest absolute Gasteiger partial charge is 0.0624 e. The summed E-state index contributed by atoms with van der Waals surface area (Å²) in [5.74, 6) is 0.947. The highest BCUT2D eigenvalue weighted by Gasteiger charge is 2.21. The van der Waals surface area contributed by atoms with E-state index in [1.54, 1.807) is 0 Å². The van der Waals surface area contributed by atoms with Crippen molar-refractivity contribution in [2.24, 2.45) is 13.0 Å². The van der Waals surface area contributed by atoms with Crippen LogP contribution >= 0.6 is 0 Å². The van der Waals surface area contributed by atoms with Gasteiger partial charge >= 0.3 is 0 Å². The van der Waals surface area contributed by atoms with E-state index >= 15 is 0 Å². The summed E-state index contributed by atoms with van der Waals surface area (Å²) in [6.45, 7) is 5.56. The first-order valence-electron chi connectivity index (χ1n) is 8.48. The zero-order valence-electron chi connectivity index (χ0n) is 13.5. The van der Waals surface area contributed by atoms with E-state index in [-0.39, 0.29) is 0 Å². The molecule has 20 heavy (non-hydrogen) atoms. The second-order valence-electron chi connectivity index (χ2n) is 6.35. The van der Waals surface area contributed by atoms with Gasteiger partial charge in [0.05, 0.1) is 5.69 Å². The molecule has 114 valence electrons. The summed E-state index contributed by atoms with van der Waals surface area (Å²) in [5, 5.41) is 8.34. The highest BCUT2D eigenvalue weighted by Crippen LogP contribution is 2.29. The SMILES string of the molecule is CCCNC(Cc1cc(CC)nn1C)CC1CCCC1. The van der Waals surface area contributed by atoms with E-state index in [9.17, 15) is 0 Å². The lowest BCUT2D eigenvalue weighted by Crippen LogP contribution is -2.34. The molecular formula is C17H31N3. The van der Waals surface area contributed by atoms with Crippen LogP contribution in [0.1, 0.15) is 63.8 Å². The third kappa shape index (κ3) is 4.34. The Balaban J connectivity index is 1.95. The van der Waals surface area contributed by atoms with Gasteiger partial charge in [0.15, 0.2) is 0 Å². The van der Waals surface area contributed by atoms with Gasteiger partial charge in [-0.3, -0.25) is 4.68 Å². The van der Waals surface area contributed by atoms with Crippen molar-refractivity contribution < 1.29 is 0 Å². The lowest BCUT2D eigenvalue weighted by molar-refractivity contribution is 0.380. The van der Waals surface area contributed by atoms with Gasteiger partial charge in [0.1, 0.15) is 0 Å². The number of hydrogen-bond acceptors (Lipinski definition) is 2. The molecule has 0 bridgehead atoms. The molecule has 2 rings (SSSR count). The number of aromatic nitrogens is 2. The Bertz CT molecular complexity index is 391. The molecule has 1 heterocycles. The fourth-order valence-corrected chi connectivity index (χ4v) is 3.42. The molecule has 1 unspecified atom stereocenters. The van der Waals surface area contributed by atoms with Gasteiger partial charge in [-0.1, -0.05) is 39.5 Å². The molecule has 0 saturated heterocycles. The Labute approximate surface area is 124 Å². The fraction of sp³-hybridized carbons (Fsp3) is 0.824. The zero-order valence-corrected chi connectivity index (χ0v) is 13.5. The highest BCUT2D eigenvalue weighted by molar-refractivity contribution is 5.11. The molecule has 1 aliphatic carbocycles. The fourth-order valence-electron chi connectivity index (χ4n) is 3.42. The lowest BCUT2D eigenvalue weighted by atomic mass is 9.95. The largest absolute Gasteiger partial charge is 0.314 e. The van der Waals surface area contributed by atoms with E-state index in [2.05, 4.69) is 42.1 Å². The van der Waals surface area contributed by atoms with Crippen LogP contribution in [0.5, 0.6) is 0 Å². The lowest BCUT2D eigenvalue weighted by Gasteiger charge is -2.22. The quantitative estimate of drug-likeness (QED) is 0.788. The first-order chi connectivity index (χ1) is 9.72. The van der Waals surface area contributed by atoms with Crippen LogP contribution in [0.25, 0.3) is 0 Å². The van der Waals surface area contributed by atoms with Crippen molar-refractivity contribution in [1.82, 2.24) is 15.1 Å². The van der Waals surface area contributed by atoms with E-state index in [1.807, 2.05) is 0 Å². The molecule has 1 saturated carbocycles. The highest BCUT2D eigenvalue weighted by atomic mass is 15.3. The van der Waals surface area contributed by atoms with Gasteiger partial charge in [-0.2, -0.15) is 5.10 Å². The second-order valence-corrected chi connectivity index (χ2v) is 6.35. The van der Waals surface area contributed by atoms with Crippen molar-refractivity contribution in [3.8, 4) is 0 Å². The van der Waals surface area contributed by atoms with Gasteiger partial charge < -0.3 is 5.32 Å². The van der Waals surface area contributed by atoms with E-state index in [0.29, 0.717) is 6.04 Å². The number of aryl methyl sites for hydroxylation is 2. The van der Waals surface area contributed by atoms with E-state index in [4.69, 9.17) is 0 Å². The van der Waals surface area contributed by atoms with Crippen LogP contribution in [0, 0.1) is 5.92 Å². The minimum atomic E-state index is 0.623. The van der Waals surface area contributed by atoms with Gasteiger partial charge in [-0.05, 0) is 37.8 Å². The Morgan fingerprint density at radius 2 is 2.10 bits per heavy atom. The summed E-state index contributed by atoms with van der Waals surface area (Å²) in [6, 6.07) is 2.91. The molecule has 0 radical (unpaired) electrons. The topological polar surface area (TPSA) is 29.9 Å². The molecule has 1 aromatic heterocycles. The normalized spacial score (nSPS) is 17.8. The van der Waals surface area contributed by atoms with Crippen LogP contribution in [0.4, 0.5) is 0 Å². The Kier molecular flexibility index (Phi) is 6.08. The van der Waals surface area contributed by atoms with Gasteiger partial charge in [-0.15, -0.1) is 0 Å². The molecule has 0 amide bonds. The summed E-state index contributed by atoms with van der Waals surface area (Å²) in [4.78, 5) is 0. The van der Waals surface area contributed by atoms with Gasteiger partial charge in [-0.25, -0.2) is 0 Å². The summed E-state index contributed by atoms with van der Waals surface area (Å²) in [7, 11) is 2.08. The monoisotopic (exact) mass is 277 g/mol. The number of hydrogen-bond donors (Lipinski definition) is 1. The van der Waals surface area contributed by atoms with Crippen molar-refractivity contribution in [1.29, 1.82) is 0 Å². The van der Waals surface area contributed by atoms with Crippen molar-refractivity contribution in [3.05, 3.63) is 17.5 Å². The third-order valence-corrected chi connectivity index (χ3v) is 4.62. The van der Waals surface area contributed by atoms with Gasteiger partial charge in [0.2, 0.25) is 0 Å². The summed E-state index contributed by atoms with van der Waals surface area (Å²) < 4.78 is 2.08. The predicted octanol–water partition coefficient (Wildman–Crippen LogP) is 3.47. The molecule has 3 heteroatoms. The van der Waals surface area contributed by atoms with Crippen LogP contribution in [-0.4, -0.2) is 22.4 Å². The Morgan fingerprint density at radius 1 is 1.35 bits per heavy atom. The van der Waals surface area contributed by atoms with Crippen LogP contribution in [-0.2, 0) is 19.9 Å². The first kappa shape index (κ1) is 15.6. The average Bonchev–Trinajstić information content (AvgIpc) is 3.06. The molecule has 0 spiro atoms. The summed E-state index contributed by atoms with van der Waals surface area (Å²) >= 11 is 0. The number of nitrogens with zero attached hydrogens (tertiary/aromatic N) is 2. The third-order valence-electron chi connectivity index (χ3n) is 4.62. The molecule has 3 nitrogen and oxygen atoms in total. The van der Waals surface area contributed by atoms with Crippen molar-refractivity contribution in [2.45, 2.75) is 71.3 Å². The standard InChI is InChI=1S/C17H31N3/c1-4-10-18-16(11-14-8-6-7-9-14)13-17-12-15(5-2)19-20(17)3/h12,14,16,18H,4-11,13H2,1-3H3. The number of nitrogens with one attached hydrogen (secondary N) is 1. The minimum absolute atomic E-state index is 0.623. The van der Waals surface area contributed by atoms with Crippen LogP contribution in [0.3, 0.4) is 0 Å². The molecule has 1 aliphatic rings. The van der Waals surface area contributed by atoms with Crippen molar-refractivity contribution in [2.75, 3.05) is 6.54 Å². The molecule has 1 aromatic rings. The van der Waals surface area contributed by atoms with Crippen molar-refractivity contribution in [3.63, 3.8) is 0 Å². The molecular weight excluding hydrogens is 246 g/mol. The van der Waals surface area contributed by atoms with E-state index in [0.717, 1.165) is 25.3 Å².